The molecule has 0 atom stereocenters. The minimum absolute atomic E-state index is 0.459. The highest BCUT2D eigenvalue weighted by Crippen LogP contribution is 2.19. The van der Waals surface area contributed by atoms with Crippen LogP contribution in [0.4, 0.5) is 11.4 Å². The lowest BCUT2D eigenvalue weighted by Gasteiger charge is -2.34. The molecule has 2 saturated heterocycles. The van der Waals surface area contributed by atoms with E-state index >= 15 is 0 Å². The lowest BCUT2D eigenvalue weighted by molar-refractivity contribution is -0.143. The van der Waals surface area contributed by atoms with Crippen LogP contribution in [0.5, 0.6) is 0 Å². The zero-order chi connectivity index (χ0) is 16.9. The van der Waals surface area contributed by atoms with Crippen molar-refractivity contribution in [3.05, 3.63) is 24.3 Å². The first-order chi connectivity index (χ1) is 11.6. The molecule has 2 aliphatic heterocycles. The number of piperazine rings is 2. The van der Waals surface area contributed by atoms with Crippen LogP contribution in [-0.4, -0.2) is 81.0 Å². The van der Waals surface area contributed by atoms with Crippen molar-refractivity contribution < 1.29 is 9.59 Å². The molecule has 0 aliphatic carbocycles. The summed E-state index contributed by atoms with van der Waals surface area (Å²) in [7, 11) is 2.13. The molecule has 130 valence electrons. The highest BCUT2D eigenvalue weighted by Gasteiger charge is 2.23. The van der Waals surface area contributed by atoms with E-state index in [1.54, 1.807) is 4.90 Å². The predicted octanol–water partition coefficient (Wildman–Crippen LogP) is -0.191. The van der Waals surface area contributed by atoms with Crippen LogP contribution >= 0.6 is 0 Å². The maximum atomic E-state index is 12.1. The van der Waals surface area contributed by atoms with Gasteiger partial charge < -0.3 is 25.3 Å². The van der Waals surface area contributed by atoms with Gasteiger partial charge in [-0.3, -0.25) is 9.59 Å². The minimum atomic E-state index is -0.566. The van der Waals surface area contributed by atoms with Gasteiger partial charge in [0.25, 0.3) is 0 Å². The van der Waals surface area contributed by atoms with Gasteiger partial charge in [0.1, 0.15) is 0 Å². The van der Waals surface area contributed by atoms with Crippen LogP contribution in [0.1, 0.15) is 0 Å². The molecule has 1 aromatic carbocycles. The van der Waals surface area contributed by atoms with E-state index in [1.807, 2.05) is 24.3 Å². The molecular weight excluding hydrogens is 306 g/mol. The van der Waals surface area contributed by atoms with E-state index in [2.05, 4.69) is 27.5 Å². The van der Waals surface area contributed by atoms with Gasteiger partial charge in [-0.25, -0.2) is 0 Å². The monoisotopic (exact) mass is 331 g/mol. The Morgan fingerprint density at radius 3 is 2.21 bits per heavy atom. The number of nitrogens with zero attached hydrogens (tertiary/aromatic N) is 3. The Hall–Kier alpha value is -2.12. The Balaban J connectivity index is 1.55. The highest BCUT2D eigenvalue weighted by molar-refractivity contribution is 6.39. The number of nitrogens with one attached hydrogen (secondary N) is 2. The van der Waals surface area contributed by atoms with Gasteiger partial charge in [0.15, 0.2) is 0 Å². The van der Waals surface area contributed by atoms with E-state index < -0.39 is 11.8 Å². The molecule has 7 nitrogen and oxygen atoms in total. The molecule has 0 aromatic heterocycles. The van der Waals surface area contributed by atoms with E-state index in [-0.39, 0.29) is 0 Å². The van der Waals surface area contributed by atoms with Crippen LogP contribution in [0.15, 0.2) is 24.3 Å². The normalized spacial score (nSPS) is 19.2. The van der Waals surface area contributed by atoms with Gasteiger partial charge in [-0.15, -0.1) is 0 Å². The average molecular weight is 331 g/mol. The zero-order valence-corrected chi connectivity index (χ0v) is 14.1. The van der Waals surface area contributed by atoms with Gasteiger partial charge in [-0.1, -0.05) is 0 Å². The van der Waals surface area contributed by atoms with E-state index in [1.165, 1.54) is 0 Å². The first kappa shape index (κ1) is 16.7. The Bertz CT molecular complexity index is 575. The van der Waals surface area contributed by atoms with Crippen molar-refractivity contribution in [1.29, 1.82) is 0 Å². The summed E-state index contributed by atoms with van der Waals surface area (Å²) in [5.41, 5.74) is 1.80. The fraction of sp³-hybridized carbons (Fsp3) is 0.529. The van der Waals surface area contributed by atoms with Crippen LogP contribution in [0, 0.1) is 0 Å². The lowest BCUT2D eigenvalue weighted by Crippen LogP contribution is -2.49. The summed E-state index contributed by atoms with van der Waals surface area (Å²) in [6.07, 6.45) is 0. The number of anilines is 2. The van der Waals surface area contributed by atoms with Crippen LogP contribution in [0.3, 0.4) is 0 Å². The Morgan fingerprint density at radius 1 is 0.958 bits per heavy atom. The van der Waals surface area contributed by atoms with Crippen LogP contribution in [0.25, 0.3) is 0 Å². The molecule has 0 radical (unpaired) electrons. The Kier molecular flexibility index (Phi) is 5.32. The van der Waals surface area contributed by atoms with Crippen LogP contribution < -0.4 is 15.5 Å². The van der Waals surface area contributed by atoms with Gasteiger partial charge >= 0.3 is 11.8 Å². The van der Waals surface area contributed by atoms with Gasteiger partial charge in [0.05, 0.1) is 0 Å². The third-order valence-corrected chi connectivity index (χ3v) is 4.59. The summed E-state index contributed by atoms with van der Waals surface area (Å²) >= 11 is 0. The topological polar surface area (TPSA) is 67.9 Å². The Morgan fingerprint density at radius 2 is 1.58 bits per heavy atom. The largest absolute Gasteiger partial charge is 0.369 e. The van der Waals surface area contributed by atoms with E-state index in [0.29, 0.717) is 18.8 Å². The number of carbonyl (C=O) groups is 2. The molecule has 1 aromatic rings. The second-order valence-electron chi connectivity index (χ2n) is 6.33. The third-order valence-electron chi connectivity index (χ3n) is 4.59. The second-order valence-corrected chi connectivity index (χ2v) is 6.33. The first-order valence-corrected chi connectivity index (χ1v) is 8.48. The summed E-state index contributed by atoms with van der Waals surface area (Å²) in [5.74, 6) is -1.02. The molecule has 2 amide bonds. The van der Waals surface area contributed by atoms with Crippen molar-refractivity contribution in [1.82, 2.24) is 15.1 Å². The number of hydrogen-bond donors (Lipinski definition) is 2. The predicted molar refractivity (Wildman–Crippen MR) is 94.2 cm³/mol. The van der Waals surface area contributed by atoms with Crippen molar-refractivity contribution in [2.75, 3.05) is 69.6 Å². The van der Waals surface area contributed by atoms with Gasteiger partial charge in [0.2, 0.25) is 0 Å². The number of likely N-dealkylation sites (N-methyl/N-ethyl adjacent to an activating group) is 1. The quantitative estimate of drug-likeness (QED) is 0.735. The van der Waals surface area contributed by atoms with Crippen LogP contribution in [0.2, 0.25) is 0 Å². The molecule has 0 saturated carbocycles. The molecule has 3 rings (SSSR count). The Labute approximate surface area is 142 Å². The zero-order valence-electron chi connectivity index (χ0n) is 14.1. The van der Waals surface area contributed by atoms with Crippen molar-refractivity contribution in [3.63, 3.8) is 0 Å². The minimum Gasteiger partial charge on any atom is -0.369 e. The maximum Gasteiger partial charge on any atom is 0.313 e. The number of rotatable bonds is 2. The molecule has 0 spiro atoms. The fourth-order valence-electron chi connectivity index (χ4n) is 3.02. The van der Waals surface area contributed by atoms with Crippen molar-refractivity contribution in [2.24, 2.45) is 0 Å². The summed E-state index contributed by atoms with van der Waals surface area (Å²) in [4.78, 5) is 30.4. The van der Waals surface area contributed by atoms with Crippen molar-refractivity contribution in [2.45, 2.75) is 0 Å². The number of amides is 2. The second kappa shape index (κ2) is 7.63. The summed E-state index contributed by atoms with van der Waals surface area (Å²) < 4.78 is 0. The first-order valence-electron chi connectivity index (χ1n) is 8.48. The van der Waals surface area contributed by atoms with Gasteiger partial charge in [-0.05, 0) is 31.3 Å². The molecular formula is C17H25N5O2. The summed E-state index contributed by atoms with van der Waals surface area (Å²) in [6.45, 7) is 6.74. The van der Waals surface area contributed by atoms with Gasteiger partial charge in [-0.2, -0.15) is 0 Å². The number of carbonyl (C=O) groups excluding carboxylic acids is 2. The molecule has 2 heterocycles. The standard InChI is InChI=1S/C17H25N5O2/c1-20-10-12-21(13-11-20)15-4-2-14(3-5-15)19-16(23)17(24)22-8-6-18-7-9-22/h2-5,18H,6-13H2,1H3,(H,19,23). The molecule has 24 heavy (non-hydrogen) atoms. The molecule has 2 N–H and O–H groups in total. The lowest BCUT2D eigenvalue weighted by atomic mass is 10.2. The molecule has 2 fully saturated rings. The number of benzene rings is 1. The summed E-state index contributed by atoms with van der Waals surface area (Å²) in [6, 6.07) is 7.71. The van der Waals surface area contributed by atoms with E-state index in [0.717, 1.165) is 45.0 Å². The van der Waals surface area contributed by atoms with Crippen LogP contribution in [-0.2, 0) is 9.59 Å². The van der Waals surface area contributed by atoms with E-state index in [4.69, 9.17) is 0 Å². The molecule has 0 unspecified atom stereocenters. The molecule has 2 aliphatic rings. The number of hydrogen-bond acceptors (Lipinski definition) is 5. The third kappa shape index (κ3) is 4.04. The van der Waals surface area contributed by atoms with E-state index in [9.17, 15) is 9.59 Å². The maximum absolute atomic E-state index is 12.1. The highest BCUT2D eigenvalue weighted by atomic mass is 16.2. The average Bonchev–Trinajstić information content (AvgIpc) is 2.63. The molecule has 7 heteroatoms. The van der Waals surface area contributed by atoms with Crippen molar-refractivity contribution in [3.8, 4) is 0 Å². The van der Waals surface area contributed by atoms with Gasteiger partial charge in [0, 0.05) is 63.7 Å². The smallest absolute Gasteiger partial charge is 0.313 e. The fourth-order valence-corrected chi connectivity index (χ4v) is 3.02. The summed E-state index contributed by atoms with van der Waals surface area (Å²) in [5, 5.41) is 5.86. The SMILES string of the molecule is CN1CCN(c2ccc(NC(=O)C(=O)N3CCNCC3)cc2)CC1. The molecule has 0 bridgehead atoms. The van der Waals surface area contributed by atoms with Crippen molar-refractivity contribution >= 4 is 23.2 Å².